The molecule has 4 rings (SSSR count). The number of carbonyl (C=O) groups is 1. The molecule has 0 bridgehead atoms. The Morgan fingerprint density at radius 2 is 1.97 bits per heavy atom. The highest BCUT2D eigenvalue weighted by Crippen LogP contribution is 2.28. The van der Waals surface area contributed by atoms with Crippen LogP contribution in [0.25, 0.3) is 5.00 Å². The Labute approximate surface area is 184 Å². The molecule has 0 aliphatic carbocycles. The Balaban J connectivity index is 1.34. The average Bonchev–Trinajstić information content (AvgIpc) is 3.43. The number of nitrogens with one attached hydrogen (secondary N) is 1. The molecule has 1 amide bonds. The molecule has 1 aliphatic rings. The molecule has 1 N–H and O–H groups in total. The van der Waals surface area contributed by atoms with Gasteiger partial charge in [0.1, 0.15) is 10.8 Å². The van der Waals surface area contributed by atoms with Crippen LogP contribution >= 0.6 is 11.3 Å². The van der Waals surface area contributed by atoms with Gasteiger partial charge in [0.05, 0.1) is 20.6 Å². The van der Waals surface area contributed by atoms with Gasteiger partial charge in [0, 0.05) is 19.5 Å². The molecule has 2 aromatic heterocycles. The van der Waals surface area contributed by atoms with E-state index in [4.69, 9.17) is 9.47 Å². The van der Waals surface area contributed by atoms with Crippen molar-refractivity contribution >= 4 is 17.2 Å². The third-order valence-electron chi connectivity index (χ3n) is 5.71. The first kappa shape index (κ1) is 21.2. The van der Waals surface area contributed by atoms with Gasteiger partial charge >= 0.3 is 5.69 Å². The first-order valence-corrected chi connectivity index (χ1v) is 11.2. The van der Waals surface area contributed by atoms with E-state index in [0.717, 1.165) is 29.2 Å². The summed E-state index contributed by atoms with van der Waals surface area (Å²) in [4.78, 5) is 26.9. The summed E-state index contributed by atoms with van der Waals surface area (Å²) in [6.45, 7) is 1.43. The number of hydrogen-bond acceptors (Lipinski definition) is 6. The highest BCUT2D eigenvalue weighted by atomic mass is 32.1. The van der Waals surface area contributed by atoms with E-state index in [9.17, 15) is 9.59 Å². The Hall–Kier alpha value is -3.07. The van der Waals surface area contributed by atoms with Gasteiger partial charge in [-0.25, -0.2) is 14.5 Å². The molecule has 164 valence electrons. The van der Waals surface area contributed by atoms with Crippen molar-refractivity contribution in [2.45, 2.75) is 25.7 Å². The number of ether oxygens (including phenoxy) is 2. The van der Waals surface area contributed by atoms with Crippen LogP contribution in [0.2, 0.25) is 0 Å². The number of hydrogen-bond donors (Lipinski definition) is 1. The highest BCUT2D eigenvalue weighted by molar-refractivity contribution is 7.12. The molecule has 0 atom stereocenters. The van der Waals surface area contributed by atoms with Gasteiger partial charge in [-0.2, -0.15) is 5.10 Å². The van der Waals surface area contributed by atoms with Crippen LogP contribution in [0, 0.1) is 5.92 Å². The average molecular weight is 443 g/mol. The molecule has 31 heavy (non-hydrogen) atoms. The van der Waals surface area contributed by atoms with Crippen LogP contribution in [-0.2, 0) is 17.6 Å². The third kappa shape index (κ3) is 4.66. The maximum atomic E-state index is 12.8. The number of carbonyl (C=O) groups excluding carboxylic acids is 1. The number of H-pyrrole nitrogens is 1. The van der Waals surface area contributed by atoms with Crippen LogP contribution < -0.4 is 15.2 Å². The largest absolute Gasteiger partial charge is 0.493 e. The lowest BCUT2D eigenvalue weighted by atomic mass is 9.93. The van der Waals surface area contributed by atoms with Crippen molar-refractivity contribution < 1.29 is 14.3 Å². The number of benzene rings is 1. The fourth-order valence-corrected chi connectivity index (χ4v) is 4.76. The fraction of sp³-hybridized carbons (Fsp3) is 0.409. The molecule has 0 unspecified atom stereocenters. The van der Waals surface area contributed by atoms with Crippen LogP contribution in [0.4, 0.5) is 0 Å². The van der Waals surface area contributed by atoms with E-state index in [2.05, 4.69) is 10.2 Å². The number of aromatic nitrogens is 3. The molecule has 0 saturated carbocycles. The number of amides is 1. The summed E-state index contributed by atoms with van der Waals surface area (Å²) in [6.07, 6.45) is 2.84. The van der Waals surface area contributed by atoms with Crippen molar-refractivity contribution in [1.82, 2.24) is 19.7 Å². The lowest BCUT2D eigenvalue weighted by molar-refractivity contribution is -0.131. The van der Waals surface area contributed by atoms with E-state index in [1.807, 2.05) is 40.6 Å². The second kappa shape index (κ2) is 9.38. The van der Waals surface area contributed by atoms with Gasteiger partial charge in [-0.15, -0.1) is 11.3 Å². The SMILES string of the molecule is COc1ccc(CC(=O)N2CCC(Cc3n[nH]c(=O)n3-c3cccs3)CC2)cc1OC. The molecular formula is C22H26N4O4S. The standard InChI is InChI=1S/C22H26N4O4S/c1-29-17-6-5-16(12-18(17)30-2)14-20(27)25-9-7-15(8-10-25)13-19-23-24-22(28)26(19)21-4-3-11-31-21/h3-6,11-12,15H,7-10,13-14H2,1-2H3,(H,24,28). The molecule has 9 heteroatoms. The van der Waals surface area contributed by atoms with Crippen LogP contribution in [0.15, 0.2) is 40.5 Å². The van der Waals surface area contributed by atoms with Gasteiger partial charge < -0.3 is 14.4 Å². The molecule has 3 heterocycles. The number of nitrogens with zero attached hydrogens (tertiary/aromatic N) is 3. The van der Waals surface area contributed by atoms with E-state index in [0.29, 0.717) is 43.3 Å². The molecule has 1 aliphatic heterocycles. The number of aromatic amines is 1. The van der Waals surface area contributed by atoms with Crippen molar-refractivity contribution in [2.24, 2.45) is 5.92 Å². The van der Waals surface area contributed by atoms with E-state index in [1.54, 1.807) is 18.8 Å². The smallest absolute Gasteiger partial charge is 0.348 e. The monoisotopic (exact) mass is 442 g/mol. The first-order valence-electron chi connectivity index (χ1n) is 10.3. The van der Waals surface area contributed by atoms with Gasteiger partial charge in [0.25, 0.3) is 0 Å². The minimum Gasteiger partial charge on any atom is -0.493 e. The molecule has 0 spiro atoms. The fourth-order valence-electron chi connectivity index (χ4n) is 4.01. The summed E-state index contributed by atoms with van der Waals surface area (Å²) in [5.74, 6) is 2.53. The van der Waals surface area contributed by atoms with Crippen LogP contribution in [-0.4, -0.2) is 52.9 Å². The minimum atomic E-state index is -0.208. The molecule has 1 aromatic carbocycles. The third-order valence-corrected chi connectivity index (χ3v) is 6.56. The molecule has 1 saturated heterocycles. The number of likely N-dealkylation sites (tertiary alicyclic amines) is 1. The van der Waals surface area contributed by atoms with E-state index >= 15 is 0 Å². The zero-order valence-corrected chi connectivity index (χ0v) is 18.5. The minimum absolute atomic E-state index is 0.112. The second-order valence-corrected chi connectivity index (χ2v) is 8.55. The van der Waals surface area contributed by atoms with E-state index < -0.39 is 0 Å². The van der Waals surface area contributed by atoms with E-state index in [1.165, 1.54) is 11.3 Å². The Kier molecular flexibility index (Phi) is 6.41. The predicted octanol–water partition coefficient (Wildman–Crippen LogP) is 2.66. The number of thiophene rings is 1. The topological polar surface area (TPSA) is 89.5 Å². The van der Waals surface area contributed by atoms with Crippen LogP contribution in [0.1, 0.15) is 24.2 Å². The predicted molar refractivity (Wildman–Crippen MR) is 118 cm³/mol. The lowest BCUT2D eigenvalue weighted by Crippen LogP contribution is -2.39. The summed E-state index contributed by atoms with van der Waals surface area (Å²) < 4.78 is 12.2. The molecular weight excluding hydrogens is 416 g/mol. The molecule has 1 fully saturated rings. The van der Waals surface area contributed by atoms with Crippen LogP contribution in [0.3, 0.4) is 0 Å². The molecule has 0 radical (unpaired) electrons. The molecule has 8 nitrogen and oxygen atoms in total. The summed E-state index contributed by atoms with van der Waals surface area (Å²) >= 11 is 1.51. The lowest BCUT2D eigenvalue weighted by Gasteiger charge is -2.32. The zero-order valence-electron chi connectivity index (χ0n) is 17.7. The first-order chi connectivity index (χ1) is 15.1. The second-order valence-electron chi connectivity index (χ2n) is 7.63. The quantitative estimate of drug-likeness (QED) is 0.608. The number of piperidine rings is 1. The van der Waals surface area contributed by atoms with Crippen molar-refractivity contribution in [3.8, 4) is 16.5 Å². The van der Waals surface area contributed by atoms with Gasteiger partial charge in [0.2, 0.25) is 5.91 Å². The number of rotatable bonds is 7. The van der Waals surface area contributed by atoms with Crippen molar-refractivity contribution in [1.29, 1.82) is 0 Å². The van der Waals surface area contributed by atoms with Crippen molar-refractivity contribution in [3.05, 3.63) is 57.6 Å². The Morgan fingerprint density at radius 1 is 1.19 bits per heavy atom. The van der Waals surface area contributed by atoms with Crippen LogP contribution in [0.5, 0.6) is 11.5 Å². The number of methoxy groups -OCH3 is 2. The van der Waals surface area contributed by atoms with E-state index in [-0.39, 0.29) is 11.6 Å². The normalized spacial score (nSPS) is 14.6. The van der Waals surface area contributed by atoms with Crippen molar-refractivity contribution in [3.63, 3.8) is 0 Å². The van der Waals surface area contributed by atoms with Gasteiger partial charge in [0.15, 0.2) is 11.5 Å². The Morgan fingerprint density at radius 3 is 2.65 bits per heavy atom. The highest BCUT2D eigenvalue weighted by Gasteiger charge is 2.25. The maximum Gasteiger partial charge on any atom is 0.348 e. The maximum absolute atomic E-state index is 12.8. The summed E-state index contributed by atoms with van der Waals surface area (Å²) in [5.41, 5.74) is 0.696. The van der Waals surface area contributed by atoms with Crippen molar-refractivity contribution in [2.75, 3.05) is 27.3 Å². The Bertz CT molecular complexity index is 1080. The zero-order chi connectivity index (χ0) is 21.8. The van der Waals surface area contributed by atoms with Gasteiger partial charge in [-0.05, 0) is 54.0 Å². The molecule has 3 aromatic rings. The summed E-state index contributed by atoms with van der Waals surface area (Å²) in [7, 11) is 3.18. The summed E-state index contributed by atoms with van der Waals surface area (Å²) in [6, 6.07) is 9.41. The van der Waals surface area contributed by atoms with Gasteiger partial charge in [-0.1, -0.05) is 6.07 Å². The summed E-state index contributed by atoms with van der Waals surface area (Å²) in [5, 5.41) is 9.62. The van der Waals surface area contributed by atoms with Gasteiger partial charge in [-0.3, -0.25) is 4.79 Å².